The van der Waals surface area contributed by atoms with E-state index in [1.54, 1.807) is 6.92 Å². The van der Waals surface area contributed by atoms with Gasteiger partial charge >= 0.3 is 5.97 Å². The minimum atomic E-state index is -1.24. The number of carboxylic acids is 1. The Hall–Kier alpha value is -2.69. The summed E-state index contributed by atoms with van der Waals surface area (Å²) < 4.78 is 0. The van der Waals surface area contributed by atoms with Gasteiger partial charge in [-0.05, 0) is 31.7 Å². The number of carboxylic acid groups (broad SMARTS) is 1. The van der Waals surface area contributed by atoms with Crippen molar-refractivity contribution >= 4 is 29.6 Å². The third-order valence-corrected chi connectivity index (χ3v) is 4.90. The monoisotopic (exact) mass is 413 g/mol. The second kappa shape index (κ2) is 12.0. The molecule has 0 radical (unpaired) electrons. The van der Waals surface area contributed by atoms with E-state index in [1.807, 2.05) is 6.92 Å². The maximum atomic E-state index is 12.8. The summed E-state index contributed by atoms with van der Waals surface area (Å²) in [4.78, 5) is 59.3. The first-order chi connectivity index (χ1) is 13.6. The molecule has 0 aromatic heterocycles. The van der Waals surface area contributed by atoms with Crippen molar-refractivity contribution in [1.82, 2.24) is 21.3 Å². The average Bonchev–Trinajstić information content (AvgIpc) is 3.21. The number of hydrogen-bond donors (Lipinski definition) is 6. The van der Waals surface area contributed by atoms with Gasteiger partial charge in [-0.15, -0.1) is 0 Å². The lowest BCUT2D eigenvalue weighted by atomic mass is 9.97. The molecule has 1 heterocycles. The molecule has 29 heavy (non-hydrogen) atoms. The lowest BCUT2D eigenvalue weighted by Gasteiger charge is -2.27. The molecular weight excluding hydrogens is 382 g/mol. The number of primary amides is 1. The van der Waals surface area contributed by atoms with E-state index < -0.39 is 42.3 Å². The quantitative estimate of drug-likeness (QED) is 0.219. The lowest BCUT2D eigenvalue weighted by molar-refractivity contribution is -0.139. The Morgan fingerprint density at radius 1 is 1.17 bits per heavy atom. The first kappa shape index (κ1) is 24.3. The summed E-state index contributed by atoms with van der Waals surface area (Å²) in [7, 11) is 0. The van der Waals surface area contributed by atoms with Gasteiger partial charge in [0.2, 0.25) is 23.6 Å². The van der Waals surface area contributed by atoms with E-state index in [2.05, 4.69) is 21.3 Å². The predicted octanol–water partition coefficient (Wildman–Crippen LogP) is -1.78. The zero-order valence-electron chi connectivity index (χ0n) is 16.8. The molecule has 1 rings (SSSR count). The number of rotatable bonds is 12. The molecule has 0 bridgehead atoms. The number of nitrogens with two attached hydrogens (primary N) is 1. The SMILES string of the molecule is CCC(C)C(NC(=O)C1CCCN1)C(=O)NC(CCC(N)=O)C(=O)NCC(=O)O. The van der Waals surface area contributed by atoms with E-state index in [9.17, 15) is 24.0 Å². The highest BCUT2D eigenvalue weighted by Gasteiger charge is 2.32. The van der Waals surface area contributed by atoms with Crippen LogP contribution in [-0.4, -0.2) is 65.9 Å². The molecule has 11 nitrogen and oxygen atoms in total. The molecule has 11 heteroatoms. The van der Waals surface area contributed by atoms with E-state index in [0.29, 0.717) is 12.8 Å². The van der Waals surface area contributed by atoms with Gasteiger partial charge in [0.05, 0.1) is 6.04 Å². The van der Waals surface area contributed by atoms with Crippen LogP contribution in [0.4, 0.5) is 0 Å². The van der Waals surface area contributed by atoms with Crippen LogP contribution >= 0.6 is 0 Å². The molecule has 0 aliphatic carbocycles. The molecule has 0 aromatic rings. The van der Waals surface area contributed by atoms with Crippen LogP contribution in [0.3, 0.4) is 0 Å². The molecule has 0 spiro atoms. The van der Waals surface area contributed by atoms with E-state index >= 15 is 0 Å². The van der Waals surface area contributed by atoms with Crippen LogP contribution in [0.2, 0.25) is 0 Å². The molecule has 1 aliphatic rings. The van der Waals surface area contributed by atoms with Crippen molar-refractivity contribution in [2.75, 3.05) is 13.1 Å². The summed E-state index contributed by atoms with van der Waals surface area (Å²) >= 11 is 0. The summed E-state index contributed by atoms with van der Waals surface area (Å²) in [5.41, 5.74) is 5.12. The molecular formula is C18H31N5O6. The normalized spacial score (nSPS) is 18.9. The third kappa shape index (κ3) is 8.46. The molecule has 1 fully saturated rings. The molecule has 4 atom stereocenters. The van der Waals surface area contributed by atoms with Crippen molar-refractivity contribution < 1.29 is 29.1 Å². The Kier molecular flexibility index (Phi) is 10.1. The van der Waals surface area contributed by atoms with Gasteiger partial charge in [0.1, 0.15) is 18.6 Å². The van der Waals surface area contributed by atoms with Gasteiger partial charge in [0.15, 0.2) is 0 Å². The predicted molar refractivity (Wildman–Crippen MR) is 103 cm³/mol. The van der Waals surface area contributed by atoms with Gasteiger partial charge in [0, 0.05) is 6.42 Å². The maximum absolute atomic E-state index is 12.8. The van der Waals surface area contributed by atoms with Gasteiger partial charge in [-0.2, -0.15) is 0 Å². The Labute approximate surface area is 169 Å². The highest BCUT2D eigenvalue weighted by molar-refractivity contribution is 5.94. The average molecular weight is 413 g/mol. The zero-order chi connectivity index (χ0) is 22.0. The summed E-state index contributed by atoms with van der Waals surface area (Å²) in [6.07, 6.45) is 1.90. The number of carbonyl (C=O) groups is 5. The Morgan fingerprint density at radius 3 is 2.38 bits per heavy atom. The second-order valence-electron chi connectivity index (χ2n) is 7.20. The van der Waals surface area contributed by atoms with Crippen molar-refractivity contribution in [3.05, 3.63) is 0 Å². The fourth-order valence-electron chi connectivity index (χ4n) is 2.97. The number of nitrogens with one attached hydrogen (secondary N) is 4. The molecule has 4 amide bonds. The number of hydrogen-bond acceptors (Lipinski definition) is 6. The second-order valence-corrected chi connectivity index (χ2v) is 7.20. The highest BCUT2D eigenvalue weighted by atomic mass is 16.4. The van der Waals surface area contributed by atoms with Crippen molar-refractivity contribution in [1.29, 1.82) is 0 Å². The van der Waals surface area contributed by atoms with Crippen LogP contribution in [0.1, 0.15) is 46.0 Å². The molecule has 1 saturated heterocycles. The summed E-state index contributed by atoms with van der Waals surface area (Å²) in [5, 5.41) is 19.2. The van der Waals surface area contributed by atoms with Gasteiger partial charge in [-0.25, -0.2) is 0 Å². The first-order valence-corrected chi connectivity index (χ1v) is 9.77. The van der Waals surface area contributed by atoms with Crippen LogP contribution in [-0.2, 0) is 24.0 Å². The van der Waals surface area contributed by atoms with Crippen molar-refractivity contribution in [3.63, 3.8) is 0 Å². The van der Waals surface area contributed by atoms with Gasteiger partial charge in [0.25, 0.3) is 0 Å². The highest BCUT2D eigenvalue weighted by Crippen LogP contribution is 2.12. The minimum Gasteiger partial charge on any atom is -0.480 e. The molecule has 0 aromatic carbocycles. The van der Waals surface area contributed by atoms with Gasteiger partial charge < -0.3 is 32.1 Å². The first-order valence-electron chi connectivity index (χ1n) is 9.77. The standard InChI is InChI=1S/C18H31N5O6/c1-3-10(2)15(23-17(28)11-5-4-8-20-11)18(29)22-12(6-7-13(19)24)16(27)21-9-14(25)26/h10-12,15,20H,3-9H2,1-2H3,(H2,19,24)(H,21,27)(H,22,29)(H,23,28)(H,25,26). The van der Waals surface area contributed by atoms with Crippen molar-refractivity contribution in [3.8, 4) is 0 Å². The molecule has 1 aliphatic heterocycles. The van der Waals surface area contributed by atoms with Crippen LogP contribution in [0.15, 0.2) is 0 Å². The van der Waals surface area contributed by atoms with Crippen LogP contribution in [0.25, 0.3) is 0 Å². The fourth-order valence-corrected chi connectivity index (χ4v) is 2.97. The van der Waals surface area contributed by atoms with E-state index in [-0.39, 0.29) is 30.7 Å². The molecule has 164 valence electrons. The number of carbonyl (C=O) groups excluding carboxylic acids is 4. The van der Waals surface area contributed by atoms with Crippen LogP contribution < -0.4 is 27.0 Å². The third-order valence-electron chi connectivity index (χ3n) is 4.90. The van der Waals surface area contributed by atoms with Crippen molar-refractivity contribution in [2.45, 2.75) is 64.1 Å². The topological polar surface area (TPSA) is 180 Å². The van der Waals surface area contributed by atoms with Gasteiger partial charge in [-0.1, -0.05) is 20.3 Å². The Balaban J connectivity index is 2.85. The van der Waals surface area contributed by atoms with E-state index in [1.165, 1.54) is 0 Å². The molecule has 7 N–H and O–H groups in total. The van der Waals surface area contributed by atoms with Gasteiger partial charge in [-0.3, -0.25) is 24.0 Å². The van der Waals surface area contributed by atoms with Crippen molar-refractivity contribution in [2.24, 2.45) is 11.7 Å². The zero-order valence-corrected chi connectivity index (χ0v) is 16.8. The van der Waals surface area contributed by atoms with Crippen LogP contribution in [0, 0.1) is 5.92 Å². The molecule has 0 saturated carbocycles. The minimum absolute atomic E-state index is 0.0854. The smallest absolute Gasteiger partial charge is 0.322 e. The summed E-state index contributed by atoms with van der Waals surface area (Å²) in [6.45, 7) is 3.78. The Morgan fingerprint density at radius 2 is 1.86 bits per heavy atom. The van der Waals surface area contributed by atoms with Crippen LogP contribution in [0.5, 0.6) is 0 Å². The lowest BCUT2D eigenvalue weighted by Crippen LogP contribution is -2.57. The van der Waals surface area contributed by atoms with E-state index in [4.69, 9.17) is 10.8 Å². The molecule has 4 unspecified atom stereocenters. The largest absolute Gasteiger partial charge is 0.480 e. The fraction of sp³-hybridized carbons (Fsp3) is 0.722. The summed E-state index contributed by atoms with van der Waals surface area (Å²) in [6, 6.07) is -2.39. The Bertz CT molecular complexity index is 620. The maximum Gasteiger partial charge on any atom is 0.322 e. The summed E-state index contributed by atoms with van der Waals surface area (Å²) in [5.74, 6) is -3.72. The number of amides is 4. The van der Waals surface area contributed by atoms with E-state index in [0.717, 1.165) is 13.0 Å². The number of aliphatic carboxylic acids is 1.